The smallest absolute Gasteiger partial charge is 0.331 e. The third-order valence-corrected chi connectivity index (χ3v) is 4.60. The van der Waals surface area contributed by atoms with Crippen molar-refractivity contribution < 1.29 is 18.0 Å². The van der Waals surface area contributed by atoms with Gasteiger partial charge in [0.2, 0.25) is 5.91 Å². The molecular weight excluding hydrogens is 233 g/mol. The van der Waals surface area contributed by atoms with Crippen LogP contribution in [0.3, 0.4) is 0 Å². The quantitative estimate of drug-likeness (QED) is 0.791. The van der Waals surface area contributed by atoms with E-state index in [0.717, 1.165) is 18.0 Å². The molecule has 3 nitrogen and oxygen atoms in total. The monoisotopic (exact) mass is 248 g/mol. The molecule has 3 aliphatic rings. The van der Waals surface area contributed by atoms with Gasteiger partial charge in [0.15, 0.2) is 0 Å². The molecule has 6 heteroatoms. The van der Waals surface area contributed by atoms with Gasteiger partial charge in [-0.15, -0.1) is 0 Å². The van der Waals surface area contributed by atoms with Crippen LogP contribution in [0.1, 0.15) is 12.8 Å². The molecule has 0 aromatic carbocycles. The van der Waals surface area contributed by atoms with Crippen LogP contribution >= 0.6 is 0 Å². The number of rotatable bonds is 2. The number of alkyl halides is 3. The third kappa shape index (κ3) is 1.42. The number of carbonyl (C=O) groups excluding carboxylic acids is 1. The average Bonchev–Trinajstić information content (AvgIpc) is 3.13. The first-order chi connectivity index (χ1) is 7.88. The molecule has 17 heavy (non-hydrogen) atoms. The van der Waals surface area contributed by atoms with Crippen molar-refractivity contribution >= 4 is 5.91 Å². The molecule has 1 amide bonds. The standard InChI is InChI=1S/C11H15F3N2O/c1-16(10(2-3-10)11(12,13)14)9(17)8-6-4-15-5-7(6)8/h6-8,15H,2-5H2,1H3/t6-,7+,8?. The van der Waals surface area contributed by atoms with Gasteiger partial charge in [0.05, 0.1) is 0 Å². The molecule has 0 radical (unpaired) electrons. The van der Waals surface area contributed by atoms with Gasteiger partial charge in [-0.2, -0.15) is 13.2 Å². The largest absolute Gasteiger partial charge is 0.411 e. The van der Waals surface area contributed by atoms with Crippen molar-refractivity contribution in [2.45, 2.75) is 24.6 Å². The second-order valence-electron chi connectivity index (χ2n) is 5.44. The SMILES string of the molecule is CN(C(=O)C1[C@H]2CNC[C@@H]12)C1(C(F)(F)F)CC1. The van der Waals surface area contributed by atoms with E-state index in [1.54, 1.807) is 0 Å². The highest BCUT2D eigenvalue weighted by Crippen LogP contribution is 2.56. The van der Waals surface area contributed by atoms with Crippen molar-refractivity contribution in [2.24, 2.45) is 17.8 Å². The number of nitrogens with one attached hydrogen (secondary N) is 1. The van der Waals surface area contributed by atoms with Crippen LogP contribution in [0.4, 0.5) is 13.2 Å². The van der Waals surface area contributed by atoms with Gasteiger partial charge in [-0.1, -0.05) is 0 Å². The van der Waals surface area contributed by atoms with Crippen LogP contribution in [0.15, 0.2) is 0 Å². The van der Waals surface area contributed by atoms with Crippen molar-refractivity contribution in [1.82, 2.24) is 10.2 Å². The second kappa shape index (κ2) is 3.16. The maximum atomic E-state index is 12.9. The second-order valence-corrected chi connectivity index (χ2v) is 5.44. The van der Waals surface area contributed by atoms with E-state index in [1.165, 1.54) is 7.05 Å². The Labute approximate surface area is 97.3 Å². The predicted molar refractivity (Wildman–Crippen MR) is 54.1 cm³/mol. The topological polar surface area (TPSA) is 32.3 Å². The van der Waals surface area contributed by atoms with Crippen molar-refractivity contribution in [2.75, 3.05) is 20.1 Å². The minimum absolute atomic E-state index is 0.0546. The first-order valence-electron chi connectivity index (χ1n) is 5.93. The summed E-state index contributed by atoms with van der Waals surface area (Å²) in [5.74, 6) is 0.0698. The molecule has 0 aromatic rings. The Morgan fingerprint density at radius 2 is 1.82 bits per heavy atom. The van der Waals surface area contributed by atoms with Crippen LogP contribution in [0.2, 0.25) is 0 Å². The van der Waals surface area contributed by atoms with E-state index in [9.17, 15) is 18.0 Å². The molecule has 3 atom stereocenters. The van der Waals surface area contributed by atoms with Crippen molar-refractivity contribution in [3.05, 3.63) is 0 Å². The van der Waals surface area contributed by atoms with Gasteiger partial charge in [0.25, 0.3) is 0 Å². The van der Waals surface area contributed by atoms with Gasteiger partial charge in [-0.25, -0.2) is 0 Å². The van der Waals surface area contributed by atoms with Crippen molar-refractivity contribution in [3.8, 4) is 0 Å². The van der Waals surface area contributed by atoms with Gasteiger partial charge >= 0.3 is 6.18 Å². The summed E-state index contributed by atoms with van der Waals surface area (Å²) in [6.45, 7) is 1.54. The van der Waals surface area contributed by atoms with Gasteiger partial charge in [0, 0.05) is 13.0 Å². The molecular formula is C11H15F3N2O. The van der Waals surface area contributed by atoms with E-state index < -0.39 is 11.7 Å². The summed E-state index contributed by atoms with van der Waals surface area (Å²) in [5, 5.41) is 3.14. The van der Waals surface area contributed by atoms with Gasteiger partial charge in [0.1, 0.15) is 5.54 Å². The summed E-state index contributed by atoms with van der Waals surface area (Å²) in [4.78, 5) is 13.0. The Balaban J connectivity index is 1.71. The van der Waals surface area contributed by atoms with Crippen molar-refractivity contribution in [3.63, 3.8) is 0 Å². The third-order valence-electron chi connectivity index (χ3n) is 4.60. The lowest BCUT2D eigenvalue weighted by molar-refractivity contribution is -0.197. The van der Waals surface area contributed by atoms with E-state index in [0.29, 0.717) is 0 Å². The number of nitrogens with zero attached hydrogens (tertiary/aromatic N) is 1. The number of carbonyl (C=O) groups is 1. The number of hydrogen-bond donors (Lipinski definition) is 1. The van der Waals surface area contributed by atoms with Gasteiger partial charge in [-0.3, -0.25) is 4.79 Å². The maximum absolute atomic E-state index is 12.9. The zero-order valence-corrected chi connectivity index (χ0v) is 9.55. The summed E-state index contributed by atoms with van der Waals surface area (Å²) >= 11 is 0. The number of piperidine rings is 1. The van der Waals surface area contributed by atoms with E-state index in [1.807, 2.05) is 0 Å². The minimum Gasteiger partial charge on any atom is -0.331 e. The van der Waals surface area contributed by atoms with Crippen LogP contribution in [0.25, 0.3) is 0 Å². The molecule has 96 valence electrons. The molecule has 0 spiro atoms. The summed E-state index contributed by atoms with van der Waals surface area (Å²) in [5.41, 5.74) is -1.85. The highest BCUT2D eigenvalue weighted by molar-refractivity contribution is 5.83. The fraction of sp³-hybridized carbons (Fsp3) is 0.909. The molecule has 3 rings (SSSR count). The van der Waals surface area contributed by atoms with Crippen LogP contribution in [-0.2, 0) is 4.79 Å². The first-order valence-corrected chi connectivity index (χ1v) is 5.93. The highest BCUT2D eigenvalue weighted by atomic mass is 19.4. The lowest BCUT2D eigenvalue weighted by Gasteiger charge is -2.30. The zero-order chi connectivity index (χ0) is 12.4. The van der Waals surface area contributed by atoms with Crippen LogP contribution in [0.5, 0.6) is 0 Å². The van der Waals surface area contributed by atoms with E-state index in [2.05, 4.69) is 5.32 Å². The summed E-state index contributed by atoms with van der Waals surface area (Å²) in [7, 11) is 1.31. The van der Waals surface area contributed by atoms with E-state index in [-0.39, 0.29) is 36.5 Å². The van der Waals surface area contributed by atoms with Gasteiger partial charge in [-0.05, 0) is 37.8 Å². The summed E-state index contributed by atoms with van der Waals surface area (Å²) in [6, 6.07) is 0. The summed E-state index contributed by atoms with van der Waals surface area (Å²) < 4.78 is 38.6. The molecule has 1 aliphatic heterocycles. The molecule has 2 saturated carbocycles. The summed E-state index contributed by atoms with van der Waals surface area (Å²) in [6.07, 6.45) is -4.18. The first kappa shape index (κ1) is 11.3. The Morgan fingerprint density at radius 3 is 2.24 bits per heavy atom. The minimum atomic E-state index is -4.29. The fourth-order valence-electron chi connectivity index (χ4n) is 3.15. The number of fused-ring (bicyclic) bond motifs is 1. The molecule has 0 aromatic heterocycles. The lowest BCUT2D eigenvalue weighted by Crippen LogP contribution is -2.50. The zero-order valence-electron chi connectivity index (χ0n) is 9.55. The maximum Gasteiger partial charge on any atom is 0.411 e. The molecule has 1 saturated heterocycles. The molecule has 1 heterocycles. The van der Waals surface area contributed by atoms with E-state index in [4.69, 9.17) is 0 Å². The molecule has 1 unspecified atom stereocenters. The van der Waals surface area contributed by atoms with Crippen LogP contribution in [-0.4, -0.2) is 42.7 Å². The van der Waals surface area contributed by atoms with Crippen LogP contribution in [0, 0.1) is 17.8 Å². The Morgan fingerprint density at radius 1 is 1.29 bits per heavy atom. The molecule has 1 N–H and O–H groups in total. The van der Waals surface area contributed by atoms with Crippen molar-refractivity contribution in [1.29, 1.82) is 0 Å². The highest BCUT2D eigenvalue weighted by Gasteiger charge is 2.69. The predicted octanol–water partition coefficient (Wildman–Crippen LogP) is 1.01. The number of amides is 1. The molecule has 0 bridgehead atoms. The Kier molecular flexibility index (Phi) is 2.10. The number of hydrogen-bond acceptors (Lipinski definition) is 2. The normalized spacial score (nSPS) is 37.5. The van der Waals surface area contributed by atoms with E-state index >= 15 is 0 Å². The average molecular weight is 248 g/mol. The lowest BCUT2D eigenvalue weighted by atomic mass is 10.1. The Hall–Kier alpha value is -0.780. The fourth-order valence-corrected chi connectivity index (χ4v) is 3.15. The van der Waals surface area contributed by atoms with Gasteiger partial charge < -0.3 is 10.2 Å². The molecule has 3 fully saturated rings. The molecule has 2 aliphatic carbocycles. The Bertz CT molecular complexity index is 354. The number of halogens is 3. The van der Waals surface area contributed by atoms with Crippen LogP contribution < -0.4 is 5.32 Å².